The van der Waals surface area contributed by atoms with Gasteiger partial charge >= 0.3 is 0 Å². The fraction of sp³-hybridized carbons (Fsp3) is 0.727. The van der Waals surface area contributed by atoms with Crippen molar-refractivity contribution in [2.45, 2.75) is 70.0 Å². The van der Waals surface area contributed by atoms with E-state index >= 15 is 0 Å². The summed E-state index contributed by atoms with van der Waals surface area (Å²) in [5.74, 6) is 2.61. The SMILES string of the molecule is CC(C)c1cnn2c(NCC3CCCCC3)cc(NC[C@]3(O)CCNC[C@H]3O)nc12. The Bertz CT molecular complexity index is 848. The van der Waals surface area contributed by atoms with Gasteiger partial charge < -0.3 is 26.2 Å². The first-order chi connectivity index (χ1) is 14.5. The average molecular weight is 417 g/mol. The lowest BCUT2D eigenvalue weighted by Crippen LogP contribution is -2.57. The van der Waals surface area contributed by atoms with Gasteiger partial charge in [0.2, 0.25) is 0 Å². The Morgan fingerprint density at radius 1 is 1.27 bits per heavy atom. The molecule has 0 radical (unpaired) electrons. The van der Waals surface area contributed by atoms with Crippen molar-refractivity contribution in [2.24, 2.45) is 5.92 Å². The molecule has 8 heteroatoms. The summed E-state index contributed by atoms with van der Waals surface area (Å²) >= 11 is 0. The summed E-state index contributed by atoms with van der Waals surface area (Å²) in [6, 6.07) is 1.96. The zero-order chi connectivity index (χ0) is 21.1. The van der Waals surface area contributed by atoms with Gasteiger partial charge in [0.15, 0.2) is 5.65 Å². The Morgan fingerprint density at radius 2 is 2.07 bits per heavy atom. The van der Waals surface area contributed by atoms with Crippen molar-refractivity contribution in [3.8, 4) is 0 Å². The van der Waals surface area contributed by atoms with Crippen LogP contribution in [0.3, 0.4) is 0 Å². The first-order valence-electron chi connectivity index (χ1n) is 11.4. The molecule has 30 heavy (non-hydrogen) atoms. The van der Waals surface area contributed by atoms with Crippen molar-refractivity contribution >= 4 is 17.3 Å². The molecule has 0 bridgehead atoms. The summed E-state index contributed by atoms with van der Waals surface area (Å²) in [7, 11) is 0. The zero-order valence-corrected chi connectivity index (χ0v) is 18.2. The number of aliphatic hydroxyl groups is 2. The molecule has 2 atom stereocenters. The van der Waals surface area contributed by atoms with Crippen molar-refractivity contribution in [1.82, 2.24) is 19.9 Å². The van der Waals surface area contributed by atoms with Gasteiger partial charge in [-0.15, -0.1) is 0 Å². The van der Waals surface area contributed by atoms with Crippen molar-refractivity contribution < 1.29 is 10.2 Å². The van der Waals surface area contributed by atoms with Crippen LogP contribution in [0.25, 0.3) is 5.65 Å². The third-order valence-corrected chi connectivity index (χ3v) is 6.69. The van der Waals surface area contributed by atoms with E-state index in [4.69, 9.17) is 4.98 Å². The van der Waals surface area contributed by atoms with Crippen LogP contribution in [-0.2, 0) is 0 Å². The Balaban J connectivity index is 1.56. The maximum atomic E-state index is 10.8. The number of hydrogen-bond acceptors (Lipinski definition) is 7. The number of nitrogens with zero attached hydrogens (tertiary/aromatic N) is 3. The van der Waals surface area contributed by atoms with Crippen molar-refractivity contribution in [1.29, 1.82) is 0 Å². The lowest BCUT2D eigenvalue weighted by molar-refractivity contribution is -0.0820. The molecule has 166 valence electrons. The summed E-state index contributed by atoms with van der Waals surface area (Å²) < 4.78 is 1.89. The third kappa shape index (κ3) is 4.55. The van der Waals surface area contributed by atoms with E-state index in [1.54, 1.807) is 0 Å². The minimum atomic E-state index is -1.16. The molecular weight excluding hydrogens is 380 g/mol. The van der Waals surface area contributed by atoms with E-state index in [1.165, 1.54) is 32.1 Å². The van der Waals surface area contributed by atoms with Crippen LogP contribution >= 0.6 is 0 Å². The molecule has 5 N–H and O–H groups in total. The molecule has 1 saturated heterocycles. The minimum Gasteiger partial charge on any atom is -0.389 e. The number of hydrogen-bond donors (Lipinski definition) is 5. The number of β-amino-alcohol motifs (C(OH)–C–C–N with tert-alkyl or cyclic N) is 1. The number of nitrogens with one attached hydrogen (secondary N) is 3. The van der Waals surface area contributed by atoms with Crippen molar-refractivity contribution in [3.63, 3.8) is 0 Å². The van der Waals surface area contributed by atoms with E-state index in [-0.39, 0.29) is 6.54 Å². The smallest absolute Gasteiger partial charge is 0.163 e. The largest absolute Gasteiger partial charge is 0.389 e. The van der Waals surface area contributed by atoms with E-state index in [2.05, 4.69) is 34.9 Å². The first kappa shape index (κ1) is 21.3. The topological polar surface area (TPSA) is 107 Å². The second-order valence-electron chi connectivity index (χ2n) is 9.33. The molecule has 0 spiro atoms. The Kier molecular flexibility index (Phi) is 6.46. The average Bonchev–Trinajstić information content (AvgIpc) is 3.18. The minimum absolute atomic E-state index is 0.256. The van der Waals surface area contributed by atoms with E-state index in [9.17, 15) is 10.2 Å². The summed E-state index contributed by atoms with van der Waals surface area (Å²) in [5.41, 5.74) is 0.773. The maximum Gasteiger partial charge on any atom is 0.163 e. The Morgan fingerprint density at radius 3 is 2.80 bits per heavy atom. The molecular formula is C22H36N6O2. The summed E-state index contributed by atoms with van der Waals surface area (Å²) in [6.07, 6.45) is 8.15. The molecule has 2 aromatic rings. The number of piperidine rings is 1. The van der Waals surface area contributed by atoms with E-state index in [0.717, 1.165) is 23.6 Å². The zero-order valence-electron chi connectivity index (χ0n) is 18.2. The van der Waals surface area contributed by atoms with Crippen molar-refractivity contribution in [2.75, 3.05) is 36.8 Å². The van der Waals surface area contributed by atoms with Crippen LogP contribution in [0.15, 0.2) is 12.3 Å². The first-order valence-corrected chi connectivity index (χ1v) is 11.4. The van der Waals surface area contributed by atoms with Crippen LogP contribution in [0.4, 0.5) is 11.6 Å². The highest BCUT2D eigenvalue weighted by Crippen LogP contribution is 2.27. The molecule has 3 heterocycles. The lowest BCUT2D eigenvalue weighted by atomic mass is 9.89. The second kappa shape index (κ2) is 9.08. The van der Waals surface area contributed by atoms with E-state index in [0.29, 0.717) is 37.2 Å². The second-order valence-corrected chi connectivity index (χ2v) is 9.33. The molecule has 1 saturated carbocycles. The van der Waals surface area contributed by atoms with Gasteiger partial charge in [-0.25, -0.2) is 4.98 Å². The van der Waals surface area contributed by atoms with Gasteiger partial charge in [-0.3, -0.25) is 0 Å². The van der Waals surface area contributed by atoms with Gasteiger partial charge in [-0.05, 0) is 37.6 Å². The Hall–Kier alpha value is -1.90. The molecule has 2 aliphatic rings. The molecule has 2 fully saturated rings. The number of anilines is 2. The van der Waals surface area contributed by atoms with Gasteiger partial charge in [0, 0.05) is 31.3 Å². The van der Waals surface area contributed by atoms with Crippen LogP contribution in [-0.4, -0.2) is 62.7 Å². The predicted molar refractivity (Wildman–Crippen MR) is 119 cm³/mol. The van der Waals surface area contributed by atoms with Crippen LogP contribution in [0.2, 0.25) is 0 Å². The normalized spacial score (nSPS) is 25.7. The van der Waals surface area contributed by atoms with Gasteiger partial charge in [0.05, 0.1) is 12.3 Å². The van der Waals surface area contributed by atoms with Crippen LogP contribution in [0.5, 0.6) is 0 Å². The van der Waals surface area contributed by atoms with Gasteiger partial charge in [0.25, 0.3) is 0 Å². The molecule has 0 amide bonds. The number of fused-ring (bicyclic) bond motifs is 1. The van der Waals surface area contributed by atoms with Gasteiger partial charge in [0.1, 0.15) is 17.2 Å². The molecule has 4 rings (SSSR count). The maximum absolute atomic E-state index is 10.8. The highest BCUT2D eigenvalue weighted by atomic mass is 16.3. The third-order valence-electron chi connectivity index (χ3n) is 6.69. The number of rotatable bonds is 7. The van der Waals surface area contributed by atoms with Crippen LogP contribution in [0.1, 0.15) is 63.9 Å². The fourth-order valence-electron chi connectivity index (χ4n) is 4.59. The predicted octanol–water partition coefficient (Wildman–Crippen LogP) is 2.34. The molecule has 0 aromatic carbocycles. The highest BCUT2D eigenvalue weighted by Gasteiger charge is 2.37. The highest BCUT2D eigenvalue weighted by molar-refractivity contribution is 5.61. The quantitative estimate of drug-likeness (QED) is 0.472. The molecule has 2 aromatic heterocycles. The van der Waals surface area contributed by atoms with Crippen molar-refractivity contribution in [3.05, 3.63) is 17.8 Å². The fourth-order valence-corrected chi connectivity index (χ4v) is 4.59. The summed E-state index contributed by atoms with van der Waals surface area (Å²) in [5, 5.41) is 35.7. The van der Waals surface area contributed by atoms with Gasteiger partial charge in [-0.2, -0.15) is 9.61 Å². The Labute approximate surface area is 178 Å². The molecule has 1 aliphatic heterocycles. The molecule has 1 aliphatic carbocycles. The standard InChI is InChI=1S/C22H36N6O2/c1-15(2)17-12-26-28-20(24-11-16-6-4-3-5-7-16)10-19(27-21(17)28)25-14-22(30)8-9-23-13-18(22)29/h10,12,15-16,18,23-24,29-30H,3-9,11,13-14H2,1-2H3,(H,25,27)/t18-,22-/m1/s1. The molecule has 8 nitrogen and oxygen atoms in total. The van der Waals surface area contributed by atoms with Crippen LogP contribution < -0.4 is 16.0 Å². The van der Waals surface area contributed by atoms with Crippen LogP contribution in [0, 0.1) is 5.92 Å². The monoisotopic (exact) mass is 416 g/mol. The lowest BCUT2D eigenvalue weighted by Gasteiger charge is -2.37. The van der Waals surface area contributed by atoms with E-state index in [1.807, 2.05) is 16.8 Å². The molecule has 0 unspecified atom stereocenters. The summed E-state index contributed by atoms with van der Waals surface area (Å²) in [6.45, 7) is 6.56. The summed E-state index contributed by atoms with van der Waals surface area (Å²) in [4.78, 5) is 4.79. The number of aliphatic hydroxyl groups excluding tert-OH is 1. The van der Waals surface area contributed by atoms with Gasteiger partial charge in [-0.1, -0.05) is 33.1 Å². The van der Waals surface area contributed by atoms with E-state index < -0.39 is 11.7 Å². The number of aromatic nitrogens is 3.